The normalized spacial score (nSPS) is 10.4. The minimum Gasteiger partial charge on any atom is -0.399 e. The number of nitrogens with one attached hydrogen (secondary N) is 1. The van der Waals surface area contributed by atoms with E-state index in [0.29, 0.717) is 0 Å². The van der Waals surface area contributed by atoms with Gasteiger partial charge < -0.3 is 11.1 Å². The average Bonchev–Trinajstić information content (AvgIpc) is 2.42. The van der Waals surface area contributed by atoms with Gasteiger partial charge in [-0.05, 0) is 41.8 Å². The summed E-state index contributed by atoms with van der Waals surface area (Å²) in [6, 6.07) is 15.8. The third kappa shape index (κ3) is 1.98. The molecule has 18 heavy (non-hydrogen) atoms. The van der Waals surface area contributed by atoms with Gasteiger partial charge in [0.05, 0.1) is 0 Å². The smallest absolute Gasteiger partial charge is 0.0479 e. The summed E-state index contributed by atoms with van der Waals surface area (Å²) in [5.41, 5.74) is 8.50. The third-order valence-corrected chi connectivity index (χ3v) is 2.87. The molecule has 3 aromatic rings. The van der Waals surface area contributed by atoms with Crippen molar-refractivity contribution in [2.75, 3.05) is 11.1 Å². The zero-order valence-electron chi connectivity index (χ0n) is 9.80. The van der Waals surface area contributed by atoms with Crippen LogP contribution >= 0.6 is 0 Å². The van der Waals surface area contributed by atoms with E-state index in [0.717, 1.165) is 22.4 Å². The van der Waals surface area contributed by atoms with Gasteiger partial charge in [0.15, 0.2) is 0 Å². The molecule has 3 heteroatoms. The Morgan fingerprint density at radius 2 is 1.78 bits per heavy atom. The number of aromatic nitrogens is 1. The summed E-state index contributed by atoms with van der Waals surface area (Å²) in [5, 5.41) is 5.66. The average molecular weight is 235 g/mol. The highest BCUT2D eigenvalue weighted by atomic mass is 14.9. The van der Waals surface area contributed by atoms with E-state index in [-0.39, 0.29) is 0 Å². The van der Waals surface area contributed by atoms with Gasteiger partial charge in [-0.1, -0.05) is 12.1 Å². The summed E-state index contributed by atoms with van der Waals surface area (Å²) >= 11 is 0. The van der Waals surface area contributed by atoms with E-state index in [9.17, 15) is 0 Å². The quantitative estimate of drug-likeness (QED) is 0.668. The molecule has 3 N–H and O–H groups in total. The van der Waals surface area contributed by atoms with Crippen LogP contribution in [0.5, 0.6) is 0 Å². The second-order valence-corrected chi connectivity index (χ2v) is 4.15. The first kappa shape index (κ1) is 10.6. The van der Waals surface area contributed by atoms with Gasteiger partial charge in [-0.3, -0.25) is 4.98 Å². The van der Waals surface area contributed by atoms with Crippen LogP contribution < -0.4 is 11.1 Å². The van der Waals surface area contributed by atoms with Crippen LogP contribution in [0.15, 0.2) is 60.9 Å². The summed E-state index contributed by atoms with van der Waals surface area (Å²) in [4.78, 5) is 4.17. The maximum Gasteiger partial charge on any atom is 0.0479 e. The molecule has 0 unspecified atom stereocenters. The summed E-state index contributed by atoms with van der Waals surface area (Å²) in [6.45, 7) is 0. The van der Waals surface area contributed by atoms with Crippen molar-refractivity contribution in [1.82, 2.24) is 4.98 Å². The van der Waals surface area contributed by atoms with Crippen LogP contribution in [0.1, 0.15) is 0 Å². The van der Waals surface area contributed by atoms with Crippen LogP contribution in [-0.4, -0.2) is 4.98 Å². The molecule has 0 aliphatic heterocycles. The van der Waals surface area contributed by atoms with Crippen LogP contribution in [0.2, 0.25) is 0 Å². The van der Waals surface area contributed by atoms with Crippen molar-refractivity contribution in [3.8, 4) is 0 Å². The number of pyridine rings is 1. The fourth-order valence-electron chi connectivity index (χ4n) is 1.94. The van der Waals surface area contributed by atoms with Gasteiger partial charge in [0.1, 0.15) is 0 Å². The molecule has 0 spiro atoms. The molecule has 0 bridgehead atoms. The van der Waals surface area contributed by atoms with Crippen LogP contribution in [0.25, 0.3) is 10.8 Å². The monoisotopic (exact) mass is 235 g/mol. The molecule has 0 saturated heterocycles. The Labute approximate surface area is 105 Å². The Bertz CT molecular complexity index is 669. The Morgan fingerprint density at radius 3 is 2.61 bits per heavy atom. The standard InChI is InChI=1S/C15H13N3/c16-12-4-6-13(7-5-12)18-15-3-1-2-11-8-9-17-10-14(11)15/h1-10,18H,16H2. The molecule has 88 valence electrons. The lowest BCUT2D eigenvalue weighted by Gasteiger charge is -2.09. The topological polar surface area (TPSA) is 50.9 Å². The van der Waals surface area contributed by atoms with Crippen LogP contribution in [0.3, 0.4) is 0 Å². The van der Waals surface area contributed by atoms with Gasteiger partial charge in [-0.25, -0.2) is 0 Å². The highest BCUT2D eigenvalue weighted by molar-refractivity contribution is 5.94. The molecule has 0 aliphatic rings. The molecule has 0 amide bonds. The molecule has 1 heterocycles. The Hall–Kier alpha value is -2.55. The SMILES string of the molecule is Nc1ccc(Nc2cccc3ccncc23)cc1. The first-order valence-electron chi connectivity index (χ1n) is 5.78. The van der Waals surface area contributed by atoms with Gasteiger partial charge in [-0.2, -0.15) is 0 Å². The molecular formula is C15H13N3. The molecular weight excluding hydrogens is 222 g/mol. The van der Waals surface area contributed by atoms with Crippen molar-refractivity contribution in [2.24, 2.45) is 0 Å². The lowest BCUT2D eigenvalue weighted by atomic mass is 10.1. The first-order valence-corrected chi connectivity index (χ1v) is 5.78. The number of anilines is 3. The summed E-state index contributed by atoms with van der Waals surface area (Å²) < 4.78 is 0. The number of hydrogen-bond donors (Lipinski definition) is 2. The lowest BCUT2D eigenvalue weighted by Crippen LogP contribution is -1.92. The Morgan fingerprint density at radius 1 is 0.944 bits per heavy atom. The van der Waals surface area contributed by atoms with E-state index in [1.807, 2.05) is 48.7 Å². The first-order chi connectivity index (χ1) is 8.83. The highest BCUT2D eigenvalue weighted by Gasteiger charge is 2.00. The molecule has 1 aromatic heterocycles. The maximum atomic E-state index is 5.67. The Balaban J connectivity index is 2.02. The summed E-state index contributed by atoms with van der Waals surface area (Å²) in [7, 11) is 0. The van der Waals surface area contributed by atoms with E-state index >= 15 is 0 Å². The van der Waals surface area contributed by atoms with Crippen molar-refractivity contribution in [3.05, 3.63) is 60.9 Å². The molecule has 0 atom stereocenters. The van der Waals surface area contributed by atoms with Gasteiger partial charge in [-0.15, -0.1) is 0 Å². The van der Waals surface area contributed by atoms with E-state index in [4.69, 9.17) is 5.73 Å². The minimum atomic E-state index is 0.764. The molecule has 0 saturated carbocycles. The number of fused-ring (bicyclic) bond motifs is 1. The van der Waals surface area contributed by atoms with Crippen LogP contribution in [0, 0.1) is 0 Å². The highest BCUT2D eigenvalue weighted by Crippen LogP contribution is 2.25. The maximum absolute atomic E-state index is 5.67. The van der Waals surface area contributed by atoms with Crippen molar-refractivity contribution in [3.63, 3.8) is 0 Å². The predicted molar refractivity (Wildman–Crippen MR) is 75.9 cm³/mol. The Kier molecular flexibility index (Phi) is 2.57. The fraction of sp³-hybridized carbons (Fsp3) is 0. The van der Waals surface area contributed by atoms with E-state index in [1.54, 1.807) is 6.20 Å². The number of benzene rings is 2. The second kappa shape index (κ2) is 4.37. The predicted octanol–water partition coefficient (Wildman–Crippen LogP) is 3.56. The van der Waals surface area contributed by atoms with Crippen LogP contribution in [0.4, 0.5) is 17.1 Å². The zero-order chi connectivity index (χ0) is 12.4. The molecule has 0 fully saturated rings. The fourth-order valence-corrected chi connectivity index (χ4v) is 1.94. The van der Waals surface area contributed by atoms with Crippen molar-refractivity contribution in [2.45, 2.75) is 0 Å². The summed E-state index contributed by atoms with van der Waals surface area (Å²) in [6.07, 6.45) is 3.67. The van der Waals surface area contributed by atoms with Gasteiger partial charge in [0, 0.05) is 34.8 Å². The molecule has 0 aliphatic carbocycles. The van der Waals surface area contributed by atoms with Gasteiger partial charge in [0.2, 0.25) is 0 Å². The van der Waals surface area contributed by atoms with Crippen molar-refractivity contribution in [1.29, 1.82) is 0 Å². The minimum absolute atomic E-state index is 0.764. The number of nitrogens with zero attached hydrogens (tertiary/aromatic N) is 1. The van der Waals surface area contributed by atoms with E-state index < -0.39 is 0 Å². The van der Waals surface area contributed by atoms with Gasteiger partial charge >= 0.3 is 0 Å². The van der Waals surface area contributed by atoms with E-state index in [1.165, 1.54) is 5.39 Å². The molecule has 0 radical (unpaired) electrons. The molecule has 3 nitrogen and oxygen atoms in total. The molecule has 3 rings (SSSR count). The number of nitrogen functional groups attached to an aromatic ring is 1. The summed E-state index contributed by atoms with van der Waals surface area (Å²) in [5.74, 6) is 0. The van der Waals surface area contributed by atoms with Crippen molar-refractivity contribution < 1.29 is 0 Å². The lowest BCUT2D eigenvalue weighted by molar-refractivity contribution is 1.36. The van der Waals surface area contributed by atoms with E-state index in [2.05, 4.69) is 16.4 Å². The number of nitrogens with two attached hydrogens (primary N) is 1. The van der Waals surface area contributed by atoms with Crippen molar-refractivity contribution >= 4 is 27.8 Å². The molecule has 2 aromatic carbocycles. The second-order valence-electron chi connectivity index (χ2n) is 4.15. The third-order valence-electron chi connectivity index (χ3n) is 2.87. The van der Waals surface area contributed by atoms with Gasteiger partial charge in [0.25, 0.3) is 0 Å². The number of rotatable bonds is 2. The largest absolute Gasteiger partial charge is 0.399 e. The van der Waals surface area contributed by atoms with Crippen LogP contribution in [-0.2, 0) is 0 Å². The zero-order valence-corrected chi connectivity index (χ0v) is 9.80. The number of hydrogen-bond acceptors (Lipinski definition) is 3.